The second-order valence-electron chi connectivity index (χ2n) is 5.26. The van der Waals surface area contributed by atoms with Crippen LogP contribution in [0.4, 0.5) is 13.6 Å². The van der Waals surface area contributed by atoms with E-state index in [1.54, 1.807) is 18.2 Å². The van der Waals surface area contributed by atoms with Gasteiger partial charge in [0.05, 0.1) is 6.54 Å². The first-order valence-corrected chi connectivity index (χ1v) is 7.78. The molecule has 0 bridgehead atoms. The lowest BCUT2D eigenvalue weighted by molar-refractivity contribution is -0.0504. The van der Waals surface area contributed by atoms with E-state index in [1.165, 1.54) is 6.07 Å². The van der Waals surface area contributed by atoms with E-state index in [0.29, 0.717) is 18.7 Å². The molecule has 7 heteroatoms. The number of hydrogen-bond acceptors (Lipinski definition) is 3. The standard InChI is InChI=1S/C18H20F2N2O3/c1-13-5-4-7-15(11-13)24-10-9-21-18(23)22-12-14-6-2-3-8-16(14)25-17(19)20/h2-8,11,17H,9-10,12H2,1H3,(H2,21,22,23). The molecule has 0 aliphatic carbocycles. The maximum absolute atomic E-state index is 12.3. The van der Waals surface area contributed by atoms with Crippen LogP contribution in [0.3, 0.4) is 0 Å². The fraction of sp³-hybridized carbons (Fsp3) is 0.278. The molecule has 0 aromatic heterocycles. The highest BCUT2D eigenvalue weighted by molar-refractivity contribution is 5.73. The Kier molecular flexibility index (Phi) is 7.00. The van der Waals surface area contributed by atoms with Gasteiger partial charge in [-0.3, -0.25) is 0 Å². The molecule has 2 rings (SSSR count). The summed E-state index contributed by atoms with van der Waals surface area (Å²) in [6.45, 7) is -0.229. The van der Waals surface area contributed by atoms with E-state index in [-0.39, 0.29) is 12.3 Å². The molecular formula is C18H20F2N2O3. The van der Waals surface area contributed by atoms with E-state index >= 15 is 0 Å². The second-order valence-corrected chi connectivity index (χ2v) is 5.26. The lowest BCUT2D eigenvalue weighted by atomic mass is 10.2. The molecule has 2 aromatic carbocycles. The number of amides is 2. The monoisotopic (exact) mass is 350 g/mol. The summed E-state index contributed by atoms with van der Waals surface area (Å²) in [5.41, 5.74) is 1.56. The van der Waals surface area contributed by atoms with Gasteiger partial charge in [-0.05, 0) is 30.7 Å². The highest BCUT2D eigenvalue weighted by Gasteiger charge is 2.09. The first-order valence-electron chi connectivity index (χ1n) is 7.78. The lowest BCUT2D eigenvalue weighted by Crippen LogP contribution is -2.37. The van der Waals surface area contributed by atoms with Crippen LogP contribution in [0.5, 0.6) is 11.5 Å². The largest absolute Gasteiger partial charge is 0.492 e. The summed E-state index contributed by atoms with van der Waals surface area (Å²) in [7, 11) is 0. The maximum Gasteiger partial charge on any atom is 0.387 e. The highest BCUT2D eigenvalue weighted by Crippen LogP contribution is 2.19. The number of nitrogens with one attached hydrogen (secondary N) is 2. The number of alkyl halides is 2. The Labute approximate surface area is 144 Å². The number of carbonyl (C=O) groups excluding carboxylic acids is 1. The predicted octanol–water partition coefficient (Wildman–Crippen LogP) is 3.47. The van der Waals surface area contributed by atoms with E-state index in [9.17, 15) is 13.6 Å². The van der Waals surface area contributed by atoms with Crippen molar-refractivity contribution in [2.75, 3.05) is 13.2 Å². The SMILES string of the molecule is Cc1cccc(OCCNC(=O)NCc2ccccc2OC(F)F)c1. The number of urea groups is 1. The number of halogens is 2. The first-order chi connectivity index (χ1) is 12.0. The number of para-hydroxylation sites is 1. The molecule has 0 aliphatic heterocycles. The summed E-state index contributed by atoms with van der Waals surface area (Å²) >= 11 is 0. The molecule has 0 saturated heterocycles. The third kappa shape index (κ3) is 6.66. The lowest BCUT2D eigenvalue weighted by Gasteiger charge is -2.12. The van der Waals surface area contributed by atoms with Crippen LogP contribution in [0.25, 0.3) is 0 Å². The van der Waals surface area contributed by atoms with Crippen molar-refractivity contribution < 1.29 is 23.0 Å². The van der Waals surface area contributed by atoms with Gasteiger partial charge in [0.2, 0.25) is 0 Å². The van der Waals surface area contributed by atoms with Gasteiger partial charge in [-0.1, -0.05) is 30.3 Å². The Balaban J connectivity index is 1.71. The number of hydrogen-bond donors (Lipinski definition) is 2. The van der Waals surface area contributed by atoms with Gasteiger partial charge in [0.15, 0.2) is 0 Å². The quantitative estimate of drug-likeness (QED) is 0.717. The zero-order chi connectivity index (χ0) is 18.1. The van der Waals surface area contributed by atoms with Gasteiger partial charge in [0.25, 0.3) is 0 Å². The molecule has 25 heavy (non-hydrogen) atoms. The molecule has 0 aliphatic rings. The summed E-state index contributed by atoms with van der Waals surface area (Å²) in [5.74, 6) is 0.779. The topological polar surface area (TPSA) is 59.6 Å². The Hall–Kier alpha value is -2.83. The van der Waals surface area contributed by atoms with Gasteiger partial charge >= 0.3 is 12.6 Å². The van der Waals surface area contributed by atoms with Gasteiger partial charge in [-0.25, -0.2) is 4.79 Å². The average molecular weight is 350 g/mol. The highest BCUT2D eigenvalue weighted by atomic mass is 19.3. The van der Waals surface area contributed by atoms with E-state index < -0.39 is 12.6 Å². The van der Waals surface area contributed by atoms with Crippen molar-refractivity contribution in [1.82, 2.24) is 10.6 Å². The smallest absolute Gasteiger partial charge is 0.387 e. The molecule has 0 heterocycles. The zero-order valence-corrected chi connectivity index (χ0v) is 13.8. The average Bonchev–Trinajstić information content (AvgIpc) is 2.57. The summed E-state index contributed by atoms with van der Waals surface area (Å²) in [6.07, 6.45) is 0. The number of rotatable bonds is 8. The molecule has 2 amide bonds. The van der Waals surface area contributed by atoms with Crippen LogP contribution in [0, 0.1) is 6.92 Å². The predicted molar refractivity (Wildman–Crippen MR) is 90.0 cm³/mol. The minimum atomic E-state index is -2.91. The normalized spacial score (nSPS) is 10.4. The molecule has 2 aromatic rings. The number of aryl methyl sites for hydroxylation is 1. The van der Waals surface area contributed by atoms with Crippen molar-refractivity contribution in [2.24, 2.45) is 0 Å². The Bertz CT molecular complexity index is 696. The van der Waals surface area contributed by atoms with Gasteiger partial charge in [-0.2, -0.15) is 8.78 Å². The van der Waals surface area contributed by atoms with Crippen molar-refractivity contribution in [3.63, 3.8) is 0 Å². The van der Waals surface area contributed by atoms with E-state index in [1.807, 2.05) is 31.2 Å². The van der Waals surface area contributed by atoms with Crippen LogP contribution < -0.4 is 20.1 Å². The number of ether oxygens (including phenoxy) is 2. The van der Waals surface area contributed by atoms with Crippen LogP contribution >= 0.6 is 0 Å². The molecule has 5 nitrogen and oxygen atoms in total. The van der Waals surface area contributed by atoms with Gasteiger partial charge in [0, 0.05) is 12.1 Å². The zero-order valence-electron chi connectivity index (χ0n) is 13.8. The fourth-order valence-electron chi connectivity index (χ4n) is 2.14. The molecule has 0 atom stereocenters. The van der Waals surface area contributed by atoms with E-state index in [0.717, 1.165) is 11.3 Å². The van der Waals surface area contributed by atoms with Crippen molar-refractivity contribution in [3.05, 3.63) is 59.7 Å². The number of benzene rings is 2. The van der Waals surface area contributed by atoms with Gasteiger partial charge in [-0.15, -0.1) is 0 Å². The molecular weight excluding hydrogens is 330 g/mol. The number of carbonyl (C=O) groups is 1. The molecule has 134 valence electrons. The van der Waals surface area contributed by atoms with Crippen LogP contribution in [0.15, 0.2) is 48.5 Å². The molecule has 0 unspecified atom stereocenters. The van der Waals surface area contributed by atoms with Crippen LogP contribution in [-0.4, -0.2) is 25.8 Å². The van der Waals surface area contributed by atoms with E-state index in [4.69, 9.17) is 4.74 Å². The van der Waals surface area contributed by atoms with Crippen molar-refractivity contribution >= 4 is 6.03 Å². The van der Waals surface area contributed by atoms with Crippen molar-refractivity contribution in [1.29, 1.82) is 0 Å². The minimum Gasteiger partial charge on any atom is -0.492 e. The summed E-state index contributed by atoms with van der Waals surface area (Å²) < 4.78 is 34.6. The van der Waals surface area contributed by atoms with Crippen LogP contribution in [0.2, 0.25) is 0 Å². The molecule has 0 saturated carbocycles. The fourth-order valence-corrected chi connectivity index (χ4v) is 2.14. The second kappa shape index (κ2) is 9.46. The molecule has 0 spiro atoms. The van der Waals surface area contributed by atoms with Crippen molar-refractivity contribution in [3.8, 4) is 11.5 Å². The molecule has 2 N–H and O–H groups in total. The Morgan fingerprint density at radius 3 is 2.68 bits per heavy atom. The summed E-state index contributed by atoms with van der Waals surface area (Å²) in [4.78, 5) is 11.7. The third-order valence-electron chi connectivity index (χ3n) is 3.27. The Morgan fingerprint density at radius 2 is 1.92 bits per heavy atom. The Morgan fingerprint density at radius 1 is 1.12 bits per heavy atom. The summed E-state index contributed by atoms with van der Waals surface area (Å²) in [5, 5.41) is 5.22. The van der Waals surface area contributed by atoms with Crippen molar-refractivity contribution in [2.45, 2.75) is 20.1 Å². The summed E-state index contributed by atoms with van der Waals surface area (Å²) in [6, 6.07) is 13.5. The van der Waals surface area contributed by atoms with Crippen LogP contribution in [0.1, 0.15) is 11.1 Å². The van der Waals surface area contributed by atoms with Crippen LogP contribution in [-0.2, 0) is 6.54 Å². The minimum absolute atomic E-state index is 0.0422. The first kappa shape index (κ1) is 18.5. The molecule has 0 radical (unpaired) electrons. The molecule has 0 fully saturated rings. The van der Waals surface area contributed by atoms with E-state index in [2.05, 4.69) is 15.4 Å². The van der Waals surface area contributed by atoms with Gasteiger partial charge < -0.3 is 20.1 Å². The maximum atomic E-state index is 12.3. The van der Waals surface area contributed by atoms with Gasteiger partial charge in [0.1, 0.15) is 18.1 Å². The third-order valence-corrected chi connectivity index (χ3v) is 3.27.